The van der Waals surface area contributed by atoms with Gasteiger partial charge in [-0.05, 0) is 30.5 Å². The van der Waals surface area contributed by atoms with Crippen LogP contribution in [0.3, 0.4) is 0 Å². The van der Waals surface area contributed by atoms with Gasteiger partial charge in [0.2, 0.25) is 5.91 Å². The van der Waals surface area contributed by atoms with Gasteiger partial charge in [0.1, 0.15) is 5.75 Å². The average molecular weight is 483 g/mol. The molecule has 0 unspecified atom stereocenters. The number of nitrogens with zero attached hydrogens (tertiary/aromatic N) is 2. The quantitative estimate of drug-likeness (QED) is 0.295. The predicted molar refractivity (Wildman–Crippen MR) is 145 cm³/mol. The number of ether oxygens (including phenoxy) is 2. The molecule has 0 aliphatic carbocycles. The van der Waals surface area contributed by atoms with Gasteiger partial charge in [0, 0.05) is 24.2 Å². The van der Waals surface area contributed by atoms with Crippen LogP contribution in [0, 0.1) is 5.92 Å². The van der Waals surface area contributed by atoms with E-state index in [2.05, 4.69) is 30.8 Å². The van der Waals surface area contributed by atoms with Crippen molar-refractivity contribution < 1.29 is 14.3 Å². The Labute approximate surface area is 214 Å². The largest absolute Gasteiger partial charge is 0.497 e. The Morgan fingerprint density at radius 3 is 2.08 bits per heavy atom. The van der Waals surface area contributed by atoms with Crippen LogP contribution in [-0.2, 0) is 16.0 Å². The van der Waals surface area contributed by atoms with E-state index < -0.39 is 0 Å². The van der Waals surface area contributed by atoms with Gasteiger partial charge >= 0.3 is 0 Å². The Morgan fingerprint density at radius 1 is 0.972 bits per heavy atom. The molecular weight excluding hydrogens is 448 g/mol. The number of morpholine rings is 1. The lowest BCUT2D eigenvalue weighted by atomic mass is 9.88. The van der Waals surface area contributed by atoms with Crippen molar-refractivity contribution in [3.05, 3.63) is 114 Å². The van der Waals surface area contributed by atoms with Gasteiger partial charge in [-0.3, -0.25) is 9.79 Å². The first-order valence-electron chi connectivity index (χ1n) is 12.5. The first kappa shape index (κ1) is 25.4. The Kier molecular flexibility index (Phi) is 9.06. The molecule has 0 N–H and O–H groups in total. The van der Waals surface area contributed by atoms with E-state index in [4.69, 9.17) is 14.5 Å². The molecule has 1 saturated heterocycles. The number of aliphatic imine (C=N–C) groups is 1. The maximum atomic E-state index is 13.9. The van der Waals surface area contributed by atoms with Crippen molar-refractivity contribution >= 4 is 11.6 Å². The third-order valence-corrected chi connectivity index (χ3v) is 6.52. The summed E-state index contributed by atoms with van der Waals surface area (Å²) in [5.41, 5.74) is 4.02. The maximum Gasteiger partial charge on any atom is 0.228 e. The van der Waals surface area contributed by atoms with Crippen molar-refractivity contribution in [1.29, 1.82) is 0 Å². The molecule has 0 radical (unpaired) electrons. The van der Waals surface area contributed by atoms with Crippen LogP contribution < -0.4 is 4.74 Å². The summed E-state index contributed by atoms with van der Waals surface area (Å²) in [6.07, 6.45) is 3.05. The van der Waals surface area contributed by atoms with Crippen LogP contribution in [0.5, 0.6) is 5.75 Å². The molecule has 5 heteroatoms. The van der Waals surface area contributed by atoms with Gasteiger partial charge in [0.25, 0.3) is 0 Å². The van der Waals surface area contributed by atoms with E-state index in [9.17, 15) is 4.79 Å². The molecule has 3 aromatic carbocycles. The van der Waals surface area contributed by atoms with Crippen LogP contribution in [-0.4, -0.2) is 56.0 Å². The topological polar surface area (TPSA) is 51.1 Å². The Morgan fingerprint density at radius 2 is 1.56 bits per heavy atom. The molecule has 36 heavy (non-hydrogen) atoms. The summed E-state index contributed by atoms with van der Waals surface area (Å²) in [4.78, 5) is 21.2. The number of carbonyl (C=O) groups is 1. The summed E-state index contributed by atoms with van der Waals surface area (Å²) >= 11 is 0. The smallest absolute Gasteiger partial charge is 0.228 e. The highest BCUT2D eigenvalue weighted by Crippen LogP contribution is 2.25. The van der Waals surface area contributed by atoms with Gasteiger partial charge in [-0.2, -0.15) is 0 Å². The Bertz CT molecular complexity index is 1100. The van der Waals surface area contributed by atoms with E-state index in [1.807, 2.05) is 71.6 Å². The minimum Gasteiger partial charge on any atom is -0.497 e. The van der Waals surface area contributed by atoms with E-state index in [1.54, 1.807) is 7.11 Å². The summed E-state index contributed by atoms with van der Waals surface area (Å²) in [7, 11) is 1.66. The number of amides is 1. The first-order valence-corrected chi connectivity index (χ1v) is 12.5. The molecule has 1 amide bonds. The minimum atomic E-state index is -0.336. The number of hydrogen-bond donors (Lipinski definition) is 0. The molecule has 1 aliphatic rings. The average Bonchev–Trinajstić information content (AvgIpc) is 2.95. The van der Waals surface area contributed by atoms with Crippen molar-refractivity contribution in [3.63, 3.8) is 0 Å². The van der Waals surface area contributed by atoms with Crippen molar-refractivity contribution in [1.82, 2.24) is 4.90 Å². The first-order chi connectivity index (χ1) is 17.7. The van der Waals surface area contributed by atoms with Gasteiger partial charge in [-0.25, -0.2) is 0 Å². The van der Waals surface area contributed by atoms with Gasteiger partial charge in [-0.1, -0.05) is 78.9 Å². The number of carbonyl (C=O) groups excluding carboxylic acids is 1. The third kappa shape index (κ3) is 6.49. The monoisotopic (exact) mass is 482 g/mol. The Hall–Kier alpha value is -3.70. The normalized spacial score (nSPS) is 15.0. The molecule has 4 rings (SSSR count). The predicted octanol–water partition coefficient (Wildman–Crippen LogP) is 5.20. The molecule has 3 aromatic rings. The molecule has 0 saturated carbocycles. The molecule has 1 heterocycles. The summed E-state index contributed by atoms with van der Waals surface area (Å²) in [6, 6.07) is 28.0. The summed E-state index contributed by atoms with van der Waals surface area (Å²) < 4.78 is 10.8. The number of rotatable bonds is 10. The SMILES string of the molecule is C=CC[C@H](N=C(c1ccccc1)c1ccccc1)[C@@H](Cc1ccc(OC)cc1)C(=O)N1CCOCC1. The van der Waals surface area contributed by atoms with E-state index >= 15 is 0 Å². The number of methoxy groups -OCH3 is 1. The van der Waals surface area contributed by atoms with Gasteiger partial charge in [0.05, 0.1) is 38.0 Å². The molecule has 0 spiro atoms. The third-order valence-electron chi connectivity index (χ3n) is 6.52. The fraction of sp³-hybridized carbons (Fsp3) is 0.290. The van der Waals surface area contributed by atoms with E-state index in [-0.39, 0.29) is 17.9 Å². The second-order valence-electron chi connectivity index (χ2n) is 8.90. The van der Waals surface area contributed by atoms with Crippen LogP contribution in [0.2, 0.25) is 0 Å². The summed E-state index contributed by atoms with van der Waals surface area (Å²) in [6.45, 7) is 6.34. The maximum absolute atomic E-state index is 13.9. The van der Waals surface area contributed by atoms with E-state index in [0.29, 0.717) is 39.1 Å². The van der Waals surface area contributed by atoms with Crippen molar-refractivity contribution in [2.45, 2.75) is 18.9 Å². The highest BCUT2D eigenvalue weighted by atomic mass is 16.5. The highest BCUT2D eigenvalue weighted by molar-refractivity contribution is 6.13. The van der Waals surface area contributed by atoms with Crippen LogP contribution in [0.15, 0.2) is 103 Å². The minimum absolute atomic E-state index is 0.116. The second-order valence-corrected chi connectivity index (χ2v) is 8.90. The fourth-order valence-corrected chi connectivity index (χ4v) is 4.57. The number of hydrogen-bond acceptors (Lipinski definition) is 4. The summed E-state index contributed by atoms with van der Waals surface area (Å²) in [5, 5.41) is 0. The van der Waals surface area contributed by atoms with Crippen LogP contribution in [0.25, 0.3) is 0 Å². The zero-order valence-corrected chi connectivity index (χ0v) is 20.9. The molecule has 2 atom stereocenters. The Balaban J connectivity index is 1.76. The molecule has 1 fully saturated rings. The lowest BCUT2D eigenvalue weighted by molar-refractivity contribution is -0.140. The zero-order valence-electron chi connectivity index (χ0n) is 20.9. The fourth-order valence-electron chi connectivity index (χ4n) is 4.57. The molecule has 5 nitrogen and oxygen atoms in total. The van der Waals surface area contributed by atoms with Crippen molar-refractivity contribution in [2.75, 3.05) is 33.4 Å². The molecule has 0 aromatic heterocycles. The van der Waals surface area contributed by atoms with Gasteiger partial charge < -0.3 is 14.4 Å². The second kappa shape index (κ2) is 12.8. The summed E-state index contributed by atoms with van der Waals surface area (Å²) in [5.74, 6) is 0.577. The van der Waals surface area contributed by atoms with Crippen LogP contribution in [0.4, 0.5) is 0 Å². The van der Waals surface area contributed by atoms with Crippen LogP contribution in [0.1, 0.15) is 23.1 Å². The molecule has 0 bridgehead atoms. The zero-order chi connectivity index (χ0) is 25.2. The van der Waals surface area contributed by atoms with Gasteiger partial charge in [0.15, 0.2) is 0 Å². The molecular formula is C31H34N2O3. The standard InChI is InChI=1S/C31H34N2O3/c1-3-10-29(32-30(25-11-6-4-7-12-25)26-13-8-5-9-14-26)28(31(34)33-19-21-36-22-20-33)23-24-15-17-27(35-2)18-16-24/h3-9,11-18,28-29H,1,10,19-23H2,2H3/t28-,29+/m1/s1. The van der Waals surface area contributed by atoms with Crippen molar-refractivity contribution in [2.24, 2.45) is 10.9 Å². The number of benzene rings is 3. The lowest BCUT2D eigenvalue weighted by Gasteiger charge is -2.33. The lowest BCUT2D eigenvalue weighted by Crippen LogP contribution is -2.47. The van der Waals surface area contributed by atoms with E-state index in [1.165, 1.54) is 0 Å². The molecule has 1 aliphatic heterocycles. The van der Waals surface area contributed by atoms with Crippen LogP contribution >= 0.6 is 0 Å². The molecule has 186 valence electrons. The van der Waals surface area contributed by atoms with Crippen molar-refractivity contribution in [3.8, 4) is 5.75 Å². The van der Waals surface area contributed by atoms with Gasteiger partial charge in [-0.15, -0.1) is 6.58 Å². The van der Waals surface area contributed by atoms with E-state index in [0.717, 1.165) is 28.2 Å². The highest BCUT2D eigenvalue weighted by Gasteiger charge is 2.32.